The number of ether oxygens (including phenoxy) is 2. The highest BCUT2D eigenvalue weighted by Gasteiger charge is 2.15. The van der Waals surface area contributed by atoms with Crippen LogP contribution in [0.5, 0.6) is 5.75 Å². The van der Waals surface area contributed by atoms with Gasteiger partial charge in [-0.05, 0) is 70.5 Å². The first-order chi connectivity index (χ1) is 15.3. The van der Waals surface area contributed by atoms with E-state index in [1.165, 1.54) is 5.56 Å². The van der Waals surface area contributed by atoms with Crippen molar-refractivity contribution >= 4 is 5.97 Å². The van der Waals surface area contributed by atoms with Crippen molar-refractivity contribution in [2.45, 2.75) is 46.1 Å². The minimum atomic E-state index is -0.453. The molecule has 6 nitrogen and oxygen atoms in total. The Kier molecular flexibility index (Phi) is 8.06. The molecule has 0 spiro atoms. The number of rotatable bonds is 10. The van der Waals surface area contributed by atoms with Gasteiger partial charge in [0.2, 0.25) is 5.89 Å². The van der Waals surface area contributed by atoms with Crippen molar-refractivity contribution in [1.29, 1.82) is 0 Å². The number of oxazole rings is 1. The molecule has 1 aromatic heterocycles. The van der Waals surface area contributed by atoms with Crippen LogP contribution in [0.3, 0.4) is 0 Å². The van der Waals surface area contributed by atoms with Gasteiger partial charge in [-0.15, -0.1) is 0 Å². The molecule has 3 aromatic rings. The number of esters is 1. The van der Waals surface area contributed by atoms with Gasteiger partial charge in [-0.1, -0.05) is 30.3 Å². The molecule has 0 fully saturated rings. The van der Waals surface area contributed by atoms with E-state index in [4.69, 9.17) is 13.9 Å². The van der Waals surface area contributed by atoms with Crippen LogP contribution in [0.25, 0.3) is 11.5 Å². The molecule has 6 heteroatoms. The molecule has 170 valence electrons. The SMILES string of the molecule is Cc1oc(-c2ccccc2)nc1CCOc1ccc(CCNCC(=O)OC(C)(C)C)cc1. The van der Waals surface area contributed by atoms with Crippen LogP contribution in [-0.2, 0) is 22.4 Å². The molecule has 0 unspecified atom stereocenters. The number of carbonyl (C=O) groups excluding carboxylic acids is 1. The third-order valence-electron chi connectivity index (χ3n) is 4.72. The molecule has 0 saturated heterocycles. The maximum atomic E-state index is 11.7. The van der Waals surface area contributed by atoms with E-state index in [2.05, 4.69) is 10.3 Å². The number of hydrogen-bond donors (Lipinski definition) is 1. The predicted octanol–water partition coefficient (Wildman–Crippen LogP) is 4.75. The number of nitrogens with one attached hydrogen (secondary N) is 1. The van der Waals surface area contributed by atoms with Gasteiger partial charge < -0.3 is 19.2 Å². The van der Waals surface area contributed by atoms with E-state index in [1.807, 2.05) is 82.3 Å². The quantitative estimate of drug-likeness (QED) is 0.365. The van der Waals surface area contributed by atoms with E-state index < -0.39 is 5.60 Å². The molecule has 1 heterocycles. The van der Waals surface area contributed by atoms with Crippen LogP contribution in [0.2, 0.25) is 0 Å². The maximum absolute atomic E-state index is 11.7. The topological polar surface area (TPSA) is 73.6 Å². The molecule has 1 N–H and O–H groups in total. The lowest BCUT2D eigenvalue weighted by Gasteiger charge is -2.19. The summed E-state index contributed by atoms with van der Waals surface area (Å²) in [7, 11) is 0. The summed E-state index contributed by atoms with van der Waals surface area (Å²) in [6.45, 7) is 8.97. The summed E-state index contributed by atoms with van der Waals surface area (Å²) < 4.78 is 17.0. The van der Waals surface area contributed by atoms with Crippen molar-refractivity contribution < 1.29 is 18.7 Å². The zero-order valence-corrected chi connectivity index (χ0v) is 19.3. The Balaban J connectivity index is 1.39. The molecule has 0 aliphatic heterocycles. The molecular formula is C26H32N2O4. The zero-order chi connectivity index (χ0) is 23.0. The predicted molar refractivity (Wildman–Crippen MR) is 125 cm³/mol. The molecule has 0 atom stereocenters. The van der Waals surface area contributed by atoms with Crippen LogP contribution in [0.1, 0.15) is 37.8 Å². The first-order valence-electron chi connectivity index (χ1n) is 11.0. The number of benzene rings is 2. The lowest BCUT2D eigenvalue weighted by molar-refractivity contribution is -0.153. The van der Waals surface area contributed by atoms with E-state index >= 15 is 0 Å². The summed E-state index contributed by atoms with van der Waals surface area (Å²) in [5.74, 6) is 2.05. The van der Waals surface area contributed by atoms with Gasteiger partial charge in [-0.3, -0.25) is 4.79 Å². The Hall–Kier alpha value is -3.12. The first-order valence-corrected chi connectivity index (χ1v) is 11.0. The second-order valence-corrected chi connectivity index (χ2v) is 8.64. The average Bonchev–Trinajstić information content (AvgIpc) is 3.12. The van der Waals surface area contributed by atoms with Gasteiger partial charge in [0.15, 0.2) is 0 Å². The van der Waals surface area contributed by atoms with Crippen LogP contribution in [-0.4, -0.2) is 36.3 Å². The van der Waals surface area contributed by atoms with Crippen molar-refractivity contribution in [2.75, 3.05) is 19.7 Å². The van der Waals surface area contributed by atoms with Crippen LogP contribution < -0.4 is 10.1 Å². The minimum absolute atomic E-state index is 0.214. The molecule has 32 heavy (non-hydrogen) atoms. The van der Waals surface area contributed by atoms with Crippen molar-refractivity contribution in [3.05, 3.63) is 71.6 Å². The van der Waals surface area contributed by atoms with Crippen molar-refractivity contribution in [3.8, 4) is 17.2 Å². The summed E-state index contributed by atoms with van der Waals surface area (Å²) in [6.07, 6.45) is 1.50. The van der Waals surface area contributed by atoms with Crippen molar-refractivity contribution in [1.82, 2.24) is 10.3 Å². The third kappa shape index (κ3) is 7.54. The largest absolute Gasteiger partial charge is 0.493 e. The molecule has 0 bridgehead atoms. The maximum Gasteiger partial charge on any atom is 0.320 e. The number of hydrogen-bond acceptors (Lipinski definition) is 6. The van der Waals surface area contributed by atoms with E-state index in [1.54, 1.807) is 0 Å². The van der Waals surface area contributed by atoms with Gasteiger partial charge in [-0.2, -0.15) is 0 Å². The molecule has 2 aromatic carbocycles. The minimum Gasteiger partial charge on any atom is -0.493 e. The molecule has 3 rings (SSSR count). The molecule has 0 aliphatic rings. The zero-order valence-electron chi connectivity index (χ0n) is 19.3. The fourth-order valence-electron chi connectivity index (χ4n) is 3.18. The highest BCUT2D eigenvalue weighted by atomic mass is 16.6. The highest BCUT2D eigenvalue weighted by molar-refractivity contribution is 5.72. The van der Waals surface area contributed by atoms with E-state index in [0.717, 1.165) is 29.2 Å². The lowest BCUT2D eigenvalue weighted by Crippen LogP contribution is -2.32. The first kappa shape index (κ1) is 23.5. The van der Waals surface area contributed by atoms with Gasteiger partial charge in [0.1, 0.15) is 17.1 Å². The van der Waals surface area contributed by atoms with Crippen molar-refractivity contribution in [2.24, 2.45) is 0 Å². The van der Waals surface area contributed by atoms with Crippen LogP contribution in [0, 0.1) is 6.92 Å². The molecule has 0 radical (unpaired) electrons. The standard InChI is InChI=1S/C26H32N2O4/c1-19-23(28-25(31-19)21-8-6-5-7-9-21)15-17-30-22-12-10-20(11-13-22)14-16-27-18-24(29)32-26(2,3)4/h5-13,27H,14-18H2,1-4H3. The van der Waals surface area contributed by atoms with E-state index in [0.29, 0.717) is 25.5 Å². The lowest BCUT2D eigenvalue weighted by atomic mass is 10.1. The number of carbonyl (C=O) groups is 1. The number of aryl methyl sites for hydroxylation is 1. The summed E-state index contributed by atoms with van der Waals surface area (Å²) >= 11 is 0. The second kappa shape index (κ2) is 11.0. The summed E-state index contributed by atoms with van der Waals surface area (Å²) in [5, 5.41) is 3.12. The van der Waals surface area contributed by atoms with Crippen LogP contribution in [0.15, 0.2) is 59.0 Å². The normalized spacial score (nSPS) is 11.4. The fourth-order valence-corrected chi connectivity index (χ4v) is 3.18. The summed E-state index contributed by atoms with van der Waals surface area (Å²) in [4.78, 5) is 16.3. The smallest absolute Gasteiger partial charge is 0.320 e. The van der Waals surface area contributed by atoms with Gasteiger partial charge in [0, 0.05) is 12.0 Å². The third-order valence-corrected chi connectivity index (χ3v) is 4.72. The number of nitrogens with zero attached hydrogens (tertiary/aromatic N) is 1. The van der Waals surface area contributed by atoms with Gasteiger partial charge in [0.05, 0.1) is 18.8 Å². The van der Waals surface area contributed by atoms with Crippen molar-refractivity contribution in [3.63, 3.8) is 0 Å². The van der Waals surface area contributed by atoms with Gasteiger partial charge in [0.25, 0.3) is 0 Å². The number of aromatic nitrogens is 1. The fraction of sp³-hybridized carbons (Fsp3) is 0.385. The van der Waals surface area contributed by atoms with E-state index in [9.17, 15) is 4.79 Å². The molecule has 0 amide bonds. The highest BCUT2D eigenvalue weighted by Crippen LogP contribution is 2.22. The van der Waals surface area contributed by atoms with Gasteiger partial charge >= 0.3 is 5.97 Å². The van der Waals surface area contributed by atoms with E-state index in [-0.39, 0.29) is 12.5 Å². The van der Waals surface area contributed by atoms with Crippen LogP contribution in [0.4, 0.5) is 0 Å². The molecule has 0 aliphatic carbocycles. The monoisotopic (exact) mass is 436 g/mol. The average molecular weight is 437 g/mol. The Bertz CT molecular complexity index is 989. The Morgan fingerprint density at radius 2 is 1.75 bits per heavy atom. The Morgan fingerprint density at radius 1 is 1.03 bits per heavy atom. The second-order valence-electron chi connectivity index (χ2n) is 8.64. The molecule has 0 saturated carbocycles. The van der Waals surface area contributed by atoms with Crippen LogP contribution >= 0.6 is 0 Å². The Morgan fingerprint density at radius 3 is 2.44 bits per heavy atom. The van der Waals surface area contributed by atoms with Gasteiger partial charge in [-0.25, -0.2) is 4.98 Å². The summed E-state index contributed by atoms with van der Waals surface area (Å²) in [5.41, 5.74) is 2.61. The Labute approximate surface area is 190 Å². The summed E-state index contributed by atoms with van der Waals surface area (Å²) in [6, 6.07) is 17.9. The molecular weight excluding hydrogens is 404 g/mol.